The molecule has 0 aliphatic carbocycles. The van der Waals surface area contributed by atoms with E-state index < -0.39 is 24.0 Å². The summed E-state index contributed by atoms with van der Waals surface area (Å²) in [6.07, 6.45) is -6.00. The molecule has 0 spiro atoms. The van der Waals surface area contributed by atoms with E-state index >= 15 is 0 Å². The number of hydrogen-bond acceptors (Lipinski definition) is 3. The molecule has 0 radical (unpaired) electrons. The molecule has 120 valence electrons. The van der Waals surface area contributed by atoms with Crippen LogP contribution in [-0.2, 0) is 17.5 Å². The molecule has 1 aliphatic heterocycles. The van der Waals surface area contributed by atoms with Crippen LogP contribution in [-0.4, -0.2) is 47.3 Å². The van der Waals surface area contributed by atoms with Gasteiger partial charge in [0.2, 0.25) is 0 Å². The van der Waals surface area contributed by atoms with Gasteiger partial charge in [-0.05, 0) is 25.2 Å². The number of nitrogens with zero attached hydrogens (tertiary/aromatic N) is 2. The third-order valence-electron chi connectivity index (χ3n) is 3.67. The fourth-order valence-corrected chi connectivity index (χ4v) is 2.56. The lowest BCUT2D eigenvalue weighted by Gasteiger charge is -2.12. The molecule has 8 heteroatoms. The first kappa shape index (κ1) is 15.2. The molecule has 1 aliphatic rings. The number of nitrogens with one attached hydrogen (secondary N) is 1. The van der Waals surface area contributed by atoms with Gasteiger partial charge in [0.25, 0.3) is 0 Å². The Kier molecular flexibility index (Phi) is 3.82. The van der Waals surface area contributed by atoms with Gasteiger partial charge in [0, 0.05) is 13.1 Å². The molecule has 2 atom stereocenters. The molecule has 0 bridgehead atoms. The number of aromatic amines is 1. The molecule has 1 aromatic heterocycles. The fraction of sp³-hybridized carbons (Fsp3) is 0.500. The maximum Gasteiger partial charge on any atom is 0.416 e. The van der Waals surface area contributed by atoms with Gasteiger partial charge in [0.1, 0.15) is 24.7 Å². The summed E-state index contributed by atoms with van der Waals surface area (Å²) >= 11 is 0. The molecule has 4 nitrogen and oxygen atoms in total. The van der Waals surface area contributed by atoms with Crippen LogP contribution in [0.3, 0.4) is 0 Å². The molecule has 0 saturated carbocycles. The number of hydrogen-bond donors (Lipinski definition) is 1. The number of rotatable bonds is 3. The number of H-pyrrole nitrogens is 1. The Morgan fingerprint density at radius 3 is 2.77 bits per heavy atom. The number of benzene rings is 1. The van der Waals surface area contributed by atoms with E-state index in [2.05, 4.69) is 9.97 Å². The van der Waals surface area contributed by atoms with Crippen molar-refractivity contribution in [1.29, 1.82) is 0 Å². The Hall–Kier alpha value is -1.67. The summed E-state index contributed by atoms with van der Waals surface area (Å²) in [5.41, 5.74) is -0.0296. The van der Waals surface area contributed by atoms with Crippen LogP contribution < -0.4 is 0 Å². The average Bonchev–Trinajstić information content (AvgIpc) is 2.97. The minimum atomic E-state index is -4.40. The summed E-state index contributed by atoms with van der Waals surface area (Å²) < 4.78 is 57.0. The zero-order valence-corrected chi connectivity index (χ0v) is 11.8. The summed E-state index contributed by atoms with van der Waals surface area (Å²) in [4.78, 5) is 8.77. The minimum absolute atomic E-state index is 0.0367. The number of likely N-dealkylation sites (tertiary alicyclic amines) is 1. The van der Waals surface area contributed by atoms with Gasteiger partial charge >= 0.3 is 6.18 Å². The molecule has 3 rings (SSSR count). The van der Waals surface area contributed by atoms with E-state index in [9.17, 15) is 17.6 Å². The van der Waals surface area contributed by atoms with Crippen LogP contribution in [0.5, 0.6) is 0 Å². The average molecular weight is 317 g/mol. The minimum Gasteiger partial charge on any atom is -0.366 e. The molecular weight excluding hydrogens is 302 g/mol. The van der Waals surface area contributed by atoms with Crippen molar-refractivity contribution in [2.45, 2.75) is 25.1 Å². The zero-order chi connectivity index (χ0) is 15.9. The highest BCUT2D eigenvalue weighted by Crippen LogP contribution is 2.31. The Labute approximate surface area is 124 Å². The highest BCUT2D eigenvalue weighted by atomic mass is 19.4. The van der Waals surface area contributed by atoms with Crippen LogP contribution in [0.25, 0.3) is 11.0 Å². The Morgan fingerprint density at radius 2 is 2.14 bits per heavy atom. The fourth-order valence-electron chi connectivity index (χ4n) is 2.56. The topological polar surface area (TPSA) is 41.1 Å². The summed E-state index contributed by atoms with van der Waals surface area (Å²) in [5, 5.41) is 0. The van der Waals surface area contributed by atoms with Gasteiger partial charge in [0.15, 0.2) is 0 Å². The van der Waals surface area contributed by atoms with Crippen LogP contribution in [0, 0.1) is 0 Å². The van der Waals surface area contributed by atoms with Crippen molar-refractivity contribution < 1.29 is 22.3 Å². The van der Waals surface area contributed by atoms with Gasteiger partial charge in [-0.2, -0.15) is 13.2 Å². The number of likely N-dealkylation sites (N-methyl/N-ethyl adjacent to an activating group) is 1. The number of fused-ring (bicyclic) bond motifs is 1. The van der Waals surface area contributed by atoms with E-state index in [1.807, 2.05) is 4.90 Å². The van der Waals surface area contributed by atoms with E-state index in [4.69, 9.17) is 4.74 Å². The maximum absolute atomic E-state index is 13.6. The molecular formula is C14H15F4N3O. The summed E-state index contributed by atoms with van der Waals surface area (Å²) in [6, 6.07) is 3.30. The number of aromatic nitrogens is 2. The molecule has 22 heavy (non-hydrogen) atoms. The van der Waals surface area contributed by atoms with Crippen molar-refractivity contribution in [3.63, 3.8) is 0 Å². The normalized spacial score (nSPS) is 23.5. The van der Waals surface area contributed by atoms with E-state index in [-0.39, 0.29) is 12.1 Å². The SMILES string of the molecule is CN1C[C@@H](F)[C@@H](OCc2nc3ccc(C(F)(F)F)cc3[nH]2)C1. The summed E-state index contributed by atoms with van der Waals surface area (Å²) in [7, 11) is 1.80. The smallest absolute Gasteiger partial charge is 0.366 e. The summed E-state index contributed by atoms with van der Waals surface area (Å²) in [6.45, 7) is 0.842. The maximum atomic E-state index is 13.6. The van der Waals surface area contributed by atoms with E-state index in [0.29, 0.717) is 24.4 Å². The second kappa shape index (κ2) is 5.51. The zero-order valence-electron chi connectivity index (χ0n) is 11.8. The first-order valence-corrected chi connectivity index (χ1v) is 6.83. The monoisotopic (exact) mass is 317 g/mol. The standard InChI is InChI=1S/C14H15F4N3O/c1-21-5-9(15)12(6-21)22-7-13-19-10-3-2-8(14(16,17)18)4-11(10)20-13/h2-4,9,12H,5-7H2,1H3,(H,19,20)/t9-,12+/m1/s1. The van der Waals surface area contributed by atoms with Gasteiger partial charge in [0.05, 0.1) is 16.6 Å². The lowest BCUT2D eigenvalue weighted by Crippen LogP contribution is -2.23. The van der Waals surface area contributed by atoms with Crippen molar-refractivity contribution in [2.24, 2.45) is 0 Å². The van der Waals surface area contributed by atoms with E-state index in [1.165, 1.54) is 6.07 Å². The predicted octanol–water partition coefficient (Wildman–Crippen LogP) is 2.75. The molecule has 1 N–H and O–H groups in total. The highest BCUT2D eigenvalue weighted by Gasteiger charge is 2.32. The second-order valence-corrected chi connectivity index (χ2v) is 5.50. The van der Waals surface area contributed by atoms with Crippen molar-refractivity contribution >= 4 is 11.0 Å². The van der Waals surface area contributed by atoms with Gasteiger partial charge in [-0.25, -0.2) is 9.37 Å². The van der Waals surface area contributed by atoms with Crippen molar-refractivity contribution in [3.8, 4) is 0 Å². The van der Waals surface area contributed by atoms with Gasteiger partial charge in [-0.3, -0.25) is 0 Å². The third kappa shape index (κ3) is 3.07. The van der Waals surface area contributed by atoms with Crippen molar-refractivity contribution in [2.75, 3.05) is 20.1 Å². The van der Waals surface area contributed by atoms with Crippen LogP contribution in [0.2, 0.25) is 0 Å². The number of halogens is 4. The Morgan fingerprint density at radius 1 is 1.36 bits per heavy atom. The second-order valence-electron chi connectivity index (χ2n) is 5.50. The molecule has 2 heterocycles. The first-order valence-electron chi connectivity index (χ1n) is 6.83. The summed E-state index contributed by atoms with van der Waals surface area (Å²) in [5.74, 6) is 0.385. The number of ether oxygens (including phenoxy) is 1. The predicted molar refractivity (Wildman–Crippen MR) is 72.1 cm³/mol. The van der Waals surface area contributed by atoms with E-state index in [1.54, 1.807) is 7.05 Å². The van der Waals surface area contributed by atoms with E-state index in [0.717, 1.165) is 12.1 Å². The largest absolute Gasteiger partial charge is 0.416 e. The van der Waals surface area contributed by atoms with Gasteiger partial charge in [-0.1, -0.05) is 0 Å². The number of alkyl halides is 4. The van der Waals surface area contributed by atoms with Crippen LogP contribution in [0.4, 0.5) is 17.6 Å². The Balaban J connectivity index is 1.72. The van der Waals surface area contributed by atoms with Crippen molar-refractivity contribution in [3.05, 3.63) is 29.6 Å². The lowest BCUT2D eigenvalue weighted by molar-refractivity contribution is -0.137. The molecule has 0 unspecified atom stereocenters. The molecule has 1 aromatic carbocycles. The lowest BCUT2D eigenvalue weighted by atomic mass is 10.2. The third-order valence-corrected chi connectivity index (χ3v) is 3.67. The van der Waals surface area contributed by atoms with Crippen LogP contribution >= 0.6 is 0 Å². The molecule has 0 amide bonds. The van der Waals surface area contributed by atoms with Crippen molar-refractivity contribution in [1.82, 2.24) is 14.9 Å². The first-order chi connectivity index (χ1) is 10.3. The Bertz CT molecular complexity index is 670. The molecule has 1 saturated heterocycles. The van der Waals surface area contributed by atoms with Crippen LogP contribution in [0.15, 0.2) is 18.2 Å². The molecule has 1 fully saturated rings. The highest BCUT2D eigenvalue weighted by molar-refractivity contribution is 5.76. The van der Waals surface area contributed by atoms with Gasteiger partial charge in [-0.15, -0.1) is 0 Å². The number of imidazole rings is 1. The van der Waals surface area contributed by atoms with Gasteiger partial charge < -0.3 is 14.6 Å². The molecule has 2 aromatic rings. The van der Waals surface area contributed by atoms with Crippen LogP contribution in [0.1, 0.15) is 11.4 Å². The quantitative estimate of drug-likeness (QED) is 0.885.